The maximum absolute atomic E-state index is 15.1. The van der Waals surface area contributed by atoms with Crippen molar-refractivity contribution < 1.29 is 35.6 Å². The zero-order valence-electron chi connectivity index (χ0n) is 17.8. The second-order valence-electron chi connectivity index (χ2n) is 8.04. The lowest BCUT2D eigenvalue weighted by Crippen LogP contribution is -2.59. The SMILES string of the molecule is CS(=O)(=O)CC(=O)N1CC(F)(c2ccc(C(=O)C=C(c3cc(Cl)c(Cl)c(Cl)c3)C(F)(F)F)cc2)C1. The molecule has 0 aliphatic carbocycles. The highest BCUT2D eigenvalue weighted by molar-refractivity contribution is 7.91. The predicted molar refractivity (Wildman–Crippen MR) is 125 cm³/mol. The number of alkyl halides is 4. The summed E-state index contributed by atoms with van der Waals surface area (Å²) in [6.45, 7) is -0.768. The highest BCUT2D eigenvalue weighted by atomic mass is 35.5. The first-order valence-electron chi connectivity index (χ1n) is 9.73. The quantitative estimate of drug-likeness (QED) is 0.198. The van der Waals surface area contributed by atoms with E-state index in [-0.39, 0.29) is 39.3 Å². The molecular formula is C22H16Cl3F4NO4S. The van der Waals surface area contributed by atoms with Crippen LogP contribution in [0.1, 0.15) is 21.5 Å². The second kappa shape index (κ2) is 9.72. The van der Waals surface area contributed by atoms with E-state index in [0.717, 1.165) is 35.4 Å². The van der Waals surface area contributed by atoms with Crippen molar-refractivity contribution in [2.45, 2.75) is 11.8 Å². The number of halogens is 7. The van der Waals surface area contributed by atoms with Crippen molar-refractivity contribution in [3.05, 3.63) is 74.2 Å². The smallest absolute Gasteiger partial charge is 0.335 e. The van der Waals surface area contributed by atoms with E-state index in [0.29, 0.717) is 6.08 Å². The molecule has 3 rings (SSSR count). The number of likely N-dealkylation sites (tertiary alicyclic amines) is 1. The van der Waals surface area contributed by atoms with Gasteiger partial charge in [-0.05, 0) is 29.3 Å². The summed E-state index contributed by atoms with van der Waals surface area (Å²) in [5, 5.41) is -0.578. The van der Waals surface area contributed by atoms with E-state index in [9.17, 15) is 31.2 Å². The van der Waals surface area contributed by atoms with Crippen LogP contribution >= 0.6 is 34.8 Å². The monoisotopic (exact) mass is 571 g/mol. The molecule has 0 unspecified atom stereocenters. The molecule has 0 atom stereocenters. The Morgan fingerprint density at radius 3 is 2.00 bits per heavy atom. The fraction of sp³-hybridized carbons (Fsp3) is 0.273. The van der Waals surface area contributed by atoms with E-state index in [1.807, 2.05) is 0 Å². The number of nitrogens with zero attached hydrogens (tertiary/aromatic N) is 1. The van der Waals surface area contributed by atoms with Gasteiger partial charge in [-0.15, -0.1) is 0 Å². The van der Waals surface area contributed by atoms with Crippen LogP contribution in [0.2, 0.25) is 15.1 Å². The van der Waals surface area contributed by atoms with Crippen molar-refractivity contribution in [3.63, 3.8) is 0 Å². The summed E-state index contributed by atoms with van der Waals surface area (Å²) in [5.41, 5.74) is -3.78. The highest BCUT2D eigenvalue weighted by Crippen LogP contribution is 2.40. The molecule has 2 aromatic carbocycles. The van der Waals surface area contributed by atoms with Crippen LogP contribution in [-0.2, 0) is 20.3 Å². The first-order chi connectivity index (χ1) is 16.0. The van der Waals surface area contributed by atoms with Gasteiger partial charge in [-0.1, -0.05) is 59.1 Å². The molecule has 0 saturated carbocycles. The zero-order chi connectivity index (χ0) is 26.3. The van der Waals surface area contributed by atoms with Crippen molar-refractivity contribution in [3.8, 4) is 0 Å². The number of sulfone groups is 1. The molecule has 1 aliphatic rings. The number of amides is 1. The van der Waals surface area contributed by atoms with E-state index < -0.39 is 50.3 Å². The number of rotatable bonds is 6. The van der Waals surface area contributed by atoms with Gasteiger partial charge in [0.1, 0.15) is 5.75 Å². The predicted octanol–water partition coefficient (Wildman–Crippen LogP) is 5.53. The molecule has 1 heterocycles. The molecule has 35 heavy (non-hydrogen) atoms. The van der Waals surface area contributed by atoms with Gasteiger partial charge in [-0.2, -0.15) is 13.2 Å². The summed E-state index contributed by atoms with van der Waals surface area (Å²) < 4.78 is 78.5. The van der Waals surface area contributed by atoms with Crippen molar-refractivity contribution in [1.82, 2.24) is 4.90 Å². The third kappa shape index (κ3) is 6.35. The van der Waals surface area contributed by atoms with Crippen LogP contribution < -0.4 is 0 Å². The minimum absolute atomic E-state index is 0.0914. The van der Waals surface area contributed by atoms with Gasteiger partial charge in [0.2, 0.25) is 5.91 Å². The maximum atomic E-state index is 15.1. The van der Waals surface area contributed by atoms with Gasteiger partial charge in [0, 0.05) is 11.8 Å². The summed E-state index contributed by atoms with van der Waals surface area (Å²) >= 11 is 17.4. The summed E-state index contributed by atoms with van der Waals surface area (Å²) in [4.78, 5) is 25.5. The summed E-state index contributed by atoms with van der Waals surface area (Å²) in [6, 6.07) is 6.64. The molecule has 1 fully saturated rings. The third-order valence-corrected chi connectivity index (χ3v) is 7.15. The Morgan fingerprint density at radius 1 is 1.03 bits per heavy atom. The van der Waals surface area contributed by atoms with Crippen molar-refractivity contribution >= 4 is 61.9 Å². The maximum Gasteiger partial charge on any atom is 0.417 e. The first-order valence-corrected chi connectivity index (χ1v) is 12.9. The average Bonchev–Trinajstić information content (AvgIpc) is 2.71. The molecule has 1 amide bonds. The molecule has 0 aromatic heterocycles. The second-order valence-corrected chi connectivity index (χ2v) is 11.4. The molecule has 5 nitrogen and oxygen atoms in total. The van der Waals surface area contributed by atoms with Crippen LogP contribution in [0.3, 0.4) is 0 Å². The van der Waals surface area contributed by atoms with Gasteiger partial charge in [0.15, 0.2) is 21.3 Å². The average molecular weight is 573 g/mol. The van der Waals surface area contributed by atoms with Crippen LogP contribution in [-0.4, -0.2) is 56.3 Å². The van der Waals surface area contributed by atoms with Gasteiger partial charge in [-0.3, -0.25) is 9.59 Å². The first kappa shape index (κ1) is 27.4. The van der Waals surface area contributed by atoms with Crippen LogP contribution in [0.15, 0.2) is 42.5 Å². The topological polar surface area (TPSA) is 71.5 Å². The Hall–Kier alpha value is -2.14. The number of allylic oxidation sites excluding steroid dienone is 2. The number of carbonyl (C=O) groups excluding carboxylic acids is 2. The van der Waals surface area contributed by atoms with Crippen LogP contribution in [0.5, 0.6) is 0 Å². The number of ketones is 1. The lowest BCUT2D eigenvalue weighted by atomic mass is 9.87. The minimum atomic E-state index is -4.92. The normalized spacial score (nSPS) is 16.1. The van der Waals surface area contributed by atoms with Crippen LogP contribution in [0, 0.1) is 0 Å². The van der Waals surface area contributed by atoms with Gasteiger partial charge in [-0.25, -0.2) is 12.8 Å². The molecule has 188 valence electrons. The number of hydrogen-bond acceptors (Lipinski definition) is 4. The molecular weight excluding hydrogens is 557 g/mol. The fourth-order valence-corrected chi connectivity index (χ4v) is 4.65. The Kier molecular flexibility index (Phi) is 7.63. The molecule has 2 aromatic rings. The zero-order valence-corrected chi connectivity index (χ0v) is 20.9. The van der Waals surface area contributed by atoms with Gasteiger partial charge in [0.25, 0.3) is 0 Å². The number of carbonyl (C=O) groups is 2. The standard InChI is InChI=1S/C22H16Cl3F4NO4S/c1-35(33,34)9-19(32)30-10-21(26,11-30)14-4-2-12(3-5-14)18(31)8-15(22(27,28)29)13-6-16(23)20(25)17(24)7-13/h2-8H,9-11H2,1H3. The molecule has 0 radical (unpaired) electrons. The fourth-order valence-electron chi connectivity index (χ4n) is 3.42. The Balaban J connectivity index is 1.81. The minimum Gasteiger partial charge on any atom is -0.335 e. The van der Waals surface area contributed by atoms with Crippen molar-refractivity contribution in [1.29, 1.82) is 0 Å². The summed E-state index contributed by atoms with van der Waals surface area (Å²) in [7, 11) is -3.57. The van der Waals surface area contributed by atoms with E-state index in [2.05, 4.69) is 0 Å². The van der Waals surface area contributed by atoms with Crippen molar-refractivity contribution in [2.24, 2.45) is 0 Å². The lowest BCUT2D eigenvalue weighted by molar-refractivity contribution is -0.143. The van der Waals surface area contributed by atoms with E-state index in [1.165, 1.54) is 12.1 Å². The molecule has 0 bridgehead atoms. The number of benzene rings is 2. The van der Waals surface area contributed by atoms with E-state index in [1.54, 1.807) is 0 Å². The Labute approximate surface area is 213 Å². The molecule has 0 N–H and O–H groups in total. The van der Waals surface area contributed by atoms with E-state index in [4.69, 9.17) is 34.8 Å². The largest absolute Gasteiger partial charge is 0.417 e. The molecule has 1 aliphatic heterocycles. The highest BCUT2D eigenvalue weighted by Gasteiger charge is 2.47. The van der Waals surface area contributed by atoms with Gasteiger partial charge >= 0.3 is 6.18 Å². The summed E-state index contributed by atoms with van der Waals surface area (Å²) in [5.74, 6) is -2.48. The van der Waals surface area contributed by atoms with Crippen LogP contribution in [0.25, 0.3) is 5.57 Å². The Bertz CT molecular complexity index is 1300. The third-order valence-electron chi connectivity index (χ3n) is 5.18. The number of hydrogen-bond donors (Lipinski definition) is 0. The lowest BCUT2D eigenvalue weighted by Gasteiger charge is -2.44. The van der Waals surface area contributed by atoms with E-state index >= 15 is 4.39 Å². The molecule has 1 saturated heterocycles. The van der Waals surface area contributed by atoms with Gasteiger partial charge in [0.05, 0.1) is 33.7 Å². The van der Waals surface area contributed by atoms with Crippen LogP contribution in [0.4, 0.5) is 17.6 Å². The molecule has 13 heteroatoms. The molecule has 0 spiro atoms. The van der Waals surface area contributed by atoms with Crippen molar-refractivity contribution in [2.75, 3.05) is 25.1 Å². The van der Waals surface area contributed by atoms with Gasteiger partial charge < -0.3 is 4.90 Å². The summed E-state index contributed by atoms with van der Waals surface area (Å²) in [6.07, 6.45) is -3.66. The Morgan fingerprint density at radius 2 is 1.54 bits per heavy atom.